The molecule has 3 aromatic rings. The smallest absolute Gasteiger partial charge is 0.337 e. The van der Waals surface area contributed by atoms with E-state index in [0.717, 1.165) is 40.4 Å². The first-order valence-corrected chi connectivity index (χ1v) is 8.68. The van der Waals surface area contributed by atoms with E-state index >= 15 is 0 Å². The van der Waals surface area contributed by atoms with E-state index in [0.29, 0.717) is 11.6 Å². The summed E-state index contributed by atoms with van der Waals surface area (Å²) in [6.45, 7) is -0.0507. The number of carboxylic acids is 1. The third-order valence-corrected chi connectivity index (χ3v) is 4.86. The maximum Gasteiger partial charge on any atom is 0.337 e. The Morgan fingerprint density at radius 1 is 1.35 bits per heavy atom. The highest BCUT2D eigenvalue weighted by molar-refractivity contribution is 5.98. The Labute approximate surface area is 151 Å². The first-order valence-electron chi connectivity index (χ1n) is 8.68. The molecule has 1 aromatic carbocycles. The van der Waals surface area contributed by atoms with Crippen molar-refractivity contribution in [1.82, 2.24) is 9.55 Å². The highest BCUT2D eigenvalue weighted by atomic mass is 16.4. The predicted octanol–water partition coefficient (Wildman–Crippen LogP) is 3.82. The van der Waals surface area contributed by atoms with Crippen molar-refractivity contribution in [2.75, 3.05) is 6.61 Å². The zero-order chi connectivity index (χ0) is 18.3. The summed E-state index contributed by atoms with van der Waals surface area (Å²) in [4.78, 5) is 16.3. The summed E-state index contributed by atoms with van der Waals surface area (Å²) in [6.07, 6.45) is 9.50. The molecule has 5 heteroatoms. The Hall–Kier alpha value is -2.92. The normalized spacial score (nSPS) is 14.4. The van der Waals surface area contributed by atoms with Gasteiger partial charge in [0.15, 0.2) is 0 Å². The topological polar surface area (TPSA) is 75.4 Å². The number of rotatable bonds is 5. The highest BCUT2D eigenvalue weighted by Gasteiger charge is 2.26. The molecule has 0 aliphatic heterocycles. The largest absolute Gasteiger partial charge is 0.478 e. The molecule has 0 saturated heterocycles. The van der Waals surface area contributed by atoms with Crippen LogP contribution in [-0.4, -0.2) is 32.3 Å². The van der Waals surface area contributed by atoms with Gasteiger partial charge in [-0.25, -0.2) is 4.79 Å². The third-order valence-electron chi connectivity index (χ3n) is 4.86. The molecule has 2 N–H and O–H groups in total. The van der Waals surface area contributed by atoms with Crippen molar-refractivity contribution in [2.24, 2.45) is 7.05 Å². The SMILES string of the molecule is Cn1ccc2cc(-c3ncc(C4CC4)cc3C(=O)O)cc(/C=C/CO)c21. The van der Waals surface area contributed by atoms with E-state index in [-0.39, 0.29) is 12.2 Å². The van der Waals surface area contributed by atoms with E-state index < -0.39 is 5.97 Å². The predicted molar refractivity (Wildman–Crippen MR) is 101 cm³/mol. The van der Waals surface area contributed by atoms with Crippen molar-refractivity contribution >= 4 is 22.9 Å². The van der Waals surface area contributed by atoms with Crippen LogP contribution >= 0.6 is 0 Å². The van der Waals surface area contributed by atoms with E-state index in [1.165, 1.54) is 0 Å². The molecule has 4 rings (SSSR count). The van der Waals surface area contributed by atoms with Crippen molar-refractivity contribution < 1.29 is 15.0 Å². The van der Waals surface area contributed by atoms with Gasteiger partial charge in [-0.1, -0.05) is 12.2 Å². The number of pyridine rings is 1. The van der Waals surface area contributed by atoms with Crippen LogP contribution in [0.4, 0.5) is 0 Å². The van der Waals surface area contributed by atoms with Gasteiger partial charge in [0.1, 0.15) is 0 Å². The van der Waals surface area contributed by atoms with Gasteiger partial charge in [0.05, 0.1) is 23.4 Å². The molecule has 0 radical (unpaired) electrons. The zero-order valence-corrected chi connectivity index (χ0v) is 14.5. The molecule has 1 fully saturated rings. The fourth-order valence-corrected chi connectivity index (χ4v) is 3.44. The number of aliphatic hydroxyl groups excluding tert-OH is 1. The number of hydrogen-bond acceptors (Lipinski definition) is 3. The second-order valence-electron chi connectivity index (χ2n) is 6.76. The Bertz CT molecular complexity index is 1030. The summed E-state index contributed by atoms with van der Waals surface area (Å²) in [5.41, 5.74) is 4.44. The number of benzene rings is 1. The van der Waals surface area contributed by atoms with Gasteiger partial charge >= 0.3 is 5.97 Å². The molecule has 132 valence electrons. The van der Waals surface area contributed by atoms with Crippen LogP contribution in [0.15, 0.2) is 42.7 Å². The Morgan fingerprint density at radius 3 is 2.85 bits per heavy atom. The molecule has 0 bridgehead atoms. The molecular formula is C21H20N2O3. The van der Waals surface area contributed by atoms with E-state index in [1.807, 2.05) is 42.1 Å². The number of fused-ring (bicyclic) bond motifs is 1. The molecule has 0 unspecified atom stereocenters. The standard InChI is InChI=1S/C21H20N2O3/c1-23-7-6-15-10-16(9-14(20(15)23)3-2-8-24)19-18(21(25)26)11-17(12-22-19)13-4-5-13/h2-3,6-7,9-13,24H,4-5,8H2,1H3,(H,25,26)/b3-2+. The first-order chi connectivity index (χ1) is 12.6. The van der Waals surface area contributed by atoms with Gasteiger partial charge in [-0.05, 0) is 54.2 Å². The average Bonchev–Trinajstić information content (AvgIpc) is 3.42. The van der Waals surface area contributed by atoms with E-state index in [4.69, 9.17) is 5.11 Å². The molecule has 2 aromatic heterocycles. The molecule has 5 nitrogen and oxygen atoms in total. The third kappa shape index (κ3) is 2.91. The maximum atomic E-state index is 11.8. The molecule has 26 heavy (non-hydrogen) atoms. The fourth-order valence-electron chi connectivity index (χ4n) is 3.44. The van der Waals surface area contributed by atoms with Gasteiger partial charge < -0.3 is 14.8 Å². The van der Waals surface area contributed by atoms with Crippen LogP contribution in [0.3, 0.4) is 0 Å². The summed E-state index contributed by atoms with van der Waals surface area (Å²) >= 11 is 0. The summed E-state index contributed by atoms with van der Waals surface area (Å²) in [5.74, 6) is -0.509. The minimum atomic E-state index is -0.962. The van der Waals surface area contributed by atoms with Crippen molar-refractivity contribution in [3.05, 3.63) is 59.4 Å². The van der Waals surface area contributed by atoms with Crippen LogP contribution in [0.1, 0.15) is 40.2 Å². The van der Waals surface area contributed by atoms with Crippen LogP contribution in [-0.2, 0) is 7.05 Å². The van der Waals surface area contributed by atoms with Gasteiger partial charge in [0.25, 0.3) is 0 Å². The fraction of sp³-hybridized carbons (Fsp3) is 0.238. The zero-order valence-electron chi connectivity index (χ0n) is 14.5. The minimum Gasteiger partial charge on any atom is -0.478 e. The molecule has 0 spiro atoms. The highest BCUT2D eigenvalue weighted by Crippen LogP contribution is 2.41. The van der Waals surface area contributed by atoms with Crippen molar-refractivity contribution in [2.45, 2.75) is 18.8 Å². The monoisotopic (exact) mass is 348 g/mol. The summed E-state index contributed by atoms with van der Waals surface area (Å²) in [5, 5.41) is 19.8. The number of hydrogen-bond donors (Lipinski definition) is 2. The molecule has 0 atom stereocenters. The summed E-state index contributed by atoms with van der Waals surface area (Å²) in [6, 6.07) is 7.66. The second-order valence-corrected chi connectivity index (χ2v) is 6.76. The summed E-state index contributed by atoms with van der Waals surface area (Å²) in [7, 11) is 1.96. The van der Waals surface area contributed by atoms with Gasteiger partial charge in [-0.15, -0.1) is 0 Å². The number of carboxylic acid groups (broad SMARTS) is 1. The van der Waals surface area contributed by atoms with Gasteiger partial charge in [0, 0.05) is 30.4 Å². The van der Waals surface area contributed by atoms with Crippen molar-refractivity contribution in [3.63, 3.8) is 0 Å². The van der Waals surface area contributed by atoms with Crippen molar-refractivity contribution in [3.8, 4) is 11.3 Å². The molecule has 0 amide bonds. The molecular weight excluding hydrogens is 328 g/mol. The lowest BCUT2D eigenvalue weighted by molar-refractivity contribution is 0.0697. The van der Waals surface area contributed by atoms with Crippen LogP contribution in [0, 0.1) is 0 Å². The quantitative estimate of drug-likeness (QED) is 0.735. The van der Waals surface area contributed by atoms with Gasteiger partial charge in [-0.2, -0.15) is 0 Å². The van der Waals surface area contributed by atoms with Crippen LogP contribution in [0.5, 0.6) is 0 Å². The maximum absolute atomic E-state index is 11.8. The van der Waals surface area contributed by atoms with Crippen LogP contribution in [0.2, 0.25) is 0 Å². The van der Waals surface area contributed by atoms with Gasteiger partial charge in [0.2, 0.25) is 0 Å². The lowest BCUT2D eigenvalue weighted by Gasteiger charge is -2.10. The van der Waals surface area contributed by atoms with Crippen LogP contribution < -0.4 is 0 Å². The lowest BCUT2D eigenvalue weighted by atomic mass is 9.99. The molecule has 1 saturated carbocycles. The number of aryl methyl sites for hydroxylation is 1. The number of carbonyl (C=O) groups is 1. The molecule has 2 heterocycles. The van der Waals surface area contributed by atoms with E-state index in [1.54, 1.807) is 18.3 Å². The van der Waals surface area contributed by atoms with Gasteiger partial charge in [-0.3, -0.25) is 4.98 Å². The van der Waals surface area contributed by atoms with E-state index in [9.17, 15) is 9.90 Å². The molecule has 1 aliphatic carbocycles. The molecule has 1 aliphatic rings. The Balaban J connectivity index is 1.91. The number of nitrogens with zero attached hydrogens (tertiary/aromatic N) is 2. The van der Waals surface area contributed by atoms with Crippen molar-refractivity contribution in [1.29, 1.82) is 0 Å². The lowest BCUT2D eigenvalue weighted by Crippen LogP contribution is -2.03. The number of aliphatic hydroxyl groups is 1. The Morgan fingerprint density at radius 2 is 2.15 bits per heavy atom. The van der Waals surface area contributed by atoms with E-state index in [2.05, 4.69) is 4.98 Å². The van der Waals surface area contributed by atoms with Crippen LogP contribution in [0.25, 0.3) is 28.2 Å². The summed E-state index contributed by atoms with van der Waals surface area (Å²) < 4.78 is 2.01. The second kappa shape index (κ2) is 6.42. The number of aromatic nitrogens is 2. The first kappa shape index (κ1) is 16.5. The minimum absolute atomic E-state index is 0.0507. The number of aromatic carboxylic acids is 1. The average molecular weight is 348 g/mol. The Kier molecular flexibility index (Phi) is 4.09.